The Bertz CT molecular complexity index is 442. The Kier molecular flexibility index (Phi) is 1.18. The summed E-state index contributed by atoms with van der Waals surface area (Å²) in [5.74, 6) is 0.308. The van der Waals surface area contributed by atoms with Crippen LogP contribution in [0.25, 0.3) is 5.71 Å². The molecule has 0 aliphatic carbocycles. The quantitative estimate of drug-likeness (QED) is 0.471. The summed E-state index contributed by atoms with van der Waals surface area (Å²) in [5, 5.41) is 10.4. The number of fused-ring (bicyclic) bond motifs is 1. The summed E-state index contributed by atoms with van der Waals surface area (Å²) < 4.78 is 6.42. The minimum Gasteiger partial charge on any atom is -0.440 e. The molecule has 0 bridgehead atoms. The standard InChI is InChI=1S/C6H5N3O3/c1-4-7-5(9(10)11)6-8(4)2-3-12-6/h2-3H,1H3. The number of hydrogen-bond donors (Lipinski definition) is 0. The highest BCUT2D eigenvalue weighted by atomic mass is 16.6. The maximum absolute atomic E-state index is 10.4. The van der Waals surface area contributed by atoms with Crippen LogP contribution in [-0.2, 0) is 0 Å². The molecule has 0 unspecified atom stereocenters. The van der Waals surface area contributed by atoms with Crippen molar-refractivity contribution in [3.63, 3.8) is 0 Å². The van der Waals surface area contributed by atoms with Gasteiger partial charge < -0.3 is 14.5 Å². The molecular weight excluding hydrogens is 162 g/mol. The van der Waals surface area contributed by atoms with E-state index in [2.05, 4.69) is 4.98 Å². The Balaban J connectivity index is 2.83. The largest absolute Gasteiger partial charge is 0.440 e. The van der Waals surface area contributed by atoms with Crippen LogP contribution in [0.5, 0.6) is 0 Å². The van der Waals surface area contributed by atoms with Crippen LogP contribution in [0.2, 0.25) is 0 Å². The molecule has 0 radical (unpaired) electrons. The Hall–Kier alpha value is -1.85. The second-order valence-electron chi connectivity index (χ2n) is 2.32. The number of nitrogens with zero attached hydrogens (tertiary/aromatic N) is 3. The molecule has 62 valence electrons. The number of aromatic nitrogens is 2. The molecule has 0 saturated heterocycles. The first kappa shape index (κ1) is 6.84. The Morgan fingerprint density at radius 3 is 3.17 bits per heavy atom. The lowest BCUT2D eigenvalue weighted by Crippen LogP contribution is -1.87. The fraction of sp³-hybridized carbons (Fsp3) is 0.167. The molecule has 0 aliphatic rings. The summed E-state index contributed by atoms with van der Waals surface area (Å²) in [6.07, 6.45) is 2.97. The molecule has 2 aromatic rings. The number of oxazole rings is 1. The summed E-state index contributed by atoms with van der Waals surface area (Å²) in [4.78, 5) is 13.6. The highest BCUT2D eigenvalue weighted by Gasteiger charge is 2.21. The molecule has 0 aromatic carbocycles. The molecule has 0 amide bonds. The minimum absolute atomic E-state index is 0.178. The van der Waals surface area contributed by atoms with Gasteiger partial charge in [0.1, 0.15) is 6.26 Å². The first-order valence-corrected chi connectivity index (χ1v) is 3.26. The van der Waals surface area contributed by atoms with Gasteiger partial charge in [0, 0.05) is 6.92 Å². The van der Waals surface area contributed by atoms with Gasteiger partial charge in [-0.25, -0.2) is 4.40 Å². The molecule has 12 heavy (non-hydrogen) atoms. The first-order valence-electron chi connectivity index (χ1n) is 3.26. The Labute approximate surface area is 66.6 Å². The normalized spacial score (nSPS) is 10.8. The van der Waals surface area contributed by atoms with Crippen molar-refractivity contribution >= 4 is 11.5 Å². The van der Waals surface area contributed by atoms with Crippen molar-refractivity contribution in [1.82, 2.24) is 9.38 Å². The van der Waals surface area contributed by atoms with Gasteiger partial charge in [-0.15, -0.1) is 0 Å². The second kappa shape index (κ2) is 2.07. The zero-order valence-electron chi connectivity index (χ0n) is 6.22. The van der Waals surface area contributed by atoms with Gasteiger partial charge in [-0.3, -0.25) is 0 Å². The zero-order chi connectivity index (χ0) is 8.72. The van der Waals surface area contributed by atoms with Crippen molar-refractivity contribution in [3.05, 3.63) is 28.4 Å². The van der Waals surface area contributed by atoms with E-state index in [1.807, 2.05) is 0 Å². The van der Waals surface area contributed by atoms with Crippen molar-refractivity contribution < 1.29 is 9.34 Å². The summed E-state index contributed by atoms with van der Waals surface area (Å²) in [5.41, 5.74) is 0.178. The fourth-order valence-corrected chi connectivity index (χ4v) is 1.07. The van der Waals surface area contributed by atoms with Crippen molar-refractivity contribution in [1.29, 1.82) is 0 Å². The molecule has 2 aromatic heterocycles. The van der Waals surface area contributed by atoms with E-state index in [-0.39, 0.29) is 11.5 Å². The van der Waals surface area contributed by atoms with Gasteiger partial charge in [-0.05, 0) is 9.91 Å². The number of aryl methyl sites for hydroxylation is 1. The van der Waals surface area contributed by atoms with E-state index in [1.165, 1.54) is 10.7 Å². The molecule has 0 atom stereocenters. The minimum atomic E-state index is -0.564. The van der Waals surface area contributed by atoms with Gasteiger partial charge in [-0.1, -0.05) is 0 Å². The topological polar surface area (TPSA) is 73.6 Å². The van der Waals surface area contributed by atoms with E-state index in [0.717, 1.165) is 0 Å². The first-order chi connectivity index (χ1) is 5.70. The van der Waals surface area contributed by atoms with Gasteiger partial charge in [0.25, 0.3) is 0 Å². The van der Waals surface area contributed by atoms with E-state index >= 15 is 0 Å². The van der Waals surface area contributed by atoms with Crippen LogP contribution in [0.3, 0.4) is 0 Å². The van der Waals surface area contributed by atoms with Gasteiger partial charge in [0.15, 0.2) is 0 Å². The Morgan fingerprint density at radius 1 is 1.75 bits per heavy atom. The predicted molar refractivity (Wildman–Crippen MR) is 38.8 cm³/mol. The van der Waals surface area contributed by atoms with Crippen molar-refractivity contribution in [3.8, 4) is 0 Å². The summed E-state index contributed by atoms with van der Waals surface area (Å²) >= 11 is 0. The van der Waals surface area contributed by atoms with Gasteiger partial charge in [0.2, 0.25) is 5.82 Å². The predicted octanol–water partition coefficient (Wildman–Crippen LogP) is 1.14. The molecule has 0 fully saturated rings. The molecule has 6 heteroatoms. The summed E-state index contributed by atoms with van der Waals surface area (Å²) in [6.45, 7) is 1.68. The van der Waals surface area contributed by atoms with Crippen LogP contribution in [0, 0.1) is 17.0 Å². The lowest BCUT2D eigenvalue weighted by molar-refractivity contribution is -0.388. The Morgan fingerprint density at radius 2 is 2.50 bits per heavy atom. The molecular formula is C6H5N3O3. The molecule has 6 nitrogen and oxygen atoms in total. The number of hydrogen-bond acceptors (Lipinski definition) is 4. The summed E-state index contributed by atoms with van der Waals surface area (Å²) in [6, 6.07) is 0. The van der Waals surface area contributed by atoms with Crippen molar-refractivity contribution in [2.24, 2.45) is 0 Å². The molecule has 0 N–H and O–H groups in total. The number of imidazole rings is 1. The zero-order valence-corrected chi connectivity index (χ0v) is 6.22. The highest BCUT2D eigenvalue weighted by Crippen LogP contribution is 2.19. The van der Waals surface area contributed by atoms with E-state index in [0.29, 0.717) is 5.82 Å². The second-order valence-corrected chi connectivity index (χ2v) is 2.32. The molecule has 0 saturated carbocycles. The maximum atomic E-state index is 10.4. The van der Waals surface area contributed by atoms with Gasteiger partial charge in [-0.2, -0.15) is 0 Å². The fourth-order valence-electron chi connectivity index (χ4n) is 1.07. The van der Waals surface area contributed by atoms with Crippen LogP contribution in [0.1, 0.15) is 5.82 Å². The van der Waals surface area contributed by atoms with Crippen LogP contribution >= 0.6 is 0 Å². The molecule has 0 spiro atoms. The van der Waals surface area contributed by atoms with E-state index in [9.17, 15) is 10.1 Å². The van der Waals surface area contributed by atoms with Crippen LogP contribution in [0.15, 0.2) is 16.9 Å². The third-order valence-electron chi connectivity index (χ3n) is 1.59. The van der Waals surface area contributed by atoms with E-state index in [1.54, 1.807) is 13.1 Å². The van der Waals surface area contributed by atoms with Crippen molar-refractivity contribution in [2.75, 3.05) is 0 Å². The maximum Gasteiger partial charge on any atom is 0.427 e. The number of nitro groups is 1. The highest BCUT2D eigenvalue weighted by molar-refractivity contribution is 5.52. The number of rotatable bonds is 1. The lowest BCUT2D eigenvalue weighted by atomic mass is 10.7. The lowest BCUT2D eigenvalue weighted by Gasteiger charge is -1.83. The average Bonchev–Trinajstić information content (AvgIpc) is 2.53. The monoisotopic (exact) mass is 167 g/mol. The SMILES string of the molecule is Cc1nc([N+](=O)[O-])c2occn12. The summed E-state index contributed by atoms with van der Waals surface area (Å²) in [7, 11) is 0. The molecule has 2 rings (SSSR count). The van der Waals surface area contributed by atoms with Crippen LogP contribution < -0.4 is 0 Å². The van der Waals surface area contributed by atoms with Crippen LogP contribution in [-0.4, -0.2) is 14.3 Å². The van der Waals surface area contributed by atoms with E-state index in [4.69, 9.17) is 4.42 Å². The molecule has 0 aliphatic heterocycles. The third-order valence-corrected chi connectivity index (χ3v) is 1.59. The van der Waals surface area contributed by atoms with Gasteiger partial charge >= 0.3 is 11.5 Å². The van der Waals surface area contributed by atoms with Crippen molar-refractivity contribution in [2.45, 2.75) is 6.92 Å². The van der Waals surface area contributed by atoms with E-state index < -0.39 is 4.92 Å². The van der Waals surface area contributed by atoms with Crippen LogP contribution in [0.4, 0.5) is 5.82 Å². The van der Waals surface area contributed by atoms with Gasteiger partial charge in [0.05, 0.1) is 6.20 Å². The molecule has 2 heterocycles. The average molecular weight is 167 g/mol. The smallest absolute Gasteiger partial charge is 0.427 e. The third kappa shape index (κ3) is 0.714.